The highest BCUT2D eigenvalue weighted by molar-refractivity contribution is 5.74. The van der Waals surface area contributed by atoms with Gasteiger partial charge in [-0.25, -0.2) is 4.79 Å². The lowest BCUT2D eigenvalue weighted by molar-refractivity contribution is 0.112. The summed E-state index contributed by atoms with van der Waals surface area (Å²) in [6.45, 7) is 11.9. The molecule has 0 aliphatic carbocycles. The summed E-state index contributed by atoms with van der Waals surface area (Å²) < 4.78 is 5.33. The molecule has 4 nitrogen and oxygen atoms in total. The number of rotatable bonds is 5. The van der Waals surface area contributed by atoms with Gasteiger partial charge in [0, 0.05) is 18.7 Å². The molecular formula is C11H24N2O2. The van der Waals surface area contributed by atoms with Crippen LogP contribution in [0.5, 0.6) is 0 Å². The van der Waals surface area contributed by atoms with E-state index in [1.165, 1.54) is 0 Å². The van der Waals surface area contributed by atoms with Crippen molar-refractivity contribution >= 4 is 6.03 Å². The first-order valence-electron chi connectivity index (χ1n) is 5.45. The van der Waals surface area contributed by atoms with E-state index >= 15 is 0 Å². The number of urea groups is 1. The van der Waals surface area contributed by atoms with Crippen LogP contribution in [0.25, 0.3) is 0 Å². The Morgan fingerprint density at radius 2 is 1.93 bits per heavy atom. The molecule has 0 aromatic carbocycles. The number of hydrogen-bond donors (Lipinski definition) is 2. The van der Waals surface area contributed by atoms with Crippen molar-refractivity contribution in [1.29, 1.82) is 0 Å². The van der Waals surface area contributed by atoms with Crippen molar-refractivity contribution in [3.05, 3.63) is 0 Å². The molecule has 4 heteroatoms. The molecular weight excluding hydrogens is 192 g/mol. The standard InChI is InChI=1S/C11H24N2O2/c1-9(2)8-15-7-6-12-10(14)13-11(3,4)5/h9H,6-8H2,1-5H3,(H2,12,13,14). The van der Waals surface area contributed by atoms with E-state index in [9.17, 15) is 4.79 Å². The molecule has 0 saturated carbocycles. The molecule has 0 radical (unpaired) electrons. The third kappa shape index (κ3) is 11.2. The van der Waals surface area contributed by atoms with Crippen LogP contribution in [0.2, 0.25) is 0 Å². The van der Waals surface area contributed by atoms with E-state index in [0.29, 0.717) is 19.1 Å². The Hall–Kier alpha value is -0.770. The fourth-order valence-electron chi connectivity index (χ4n) is 0.941. The second-order valence-corrected chi connectivity index (χ2v) is 5.10. The molecule has 0 fully saturated rings. The predicted molar refractivity (Wildman–Crippen MR) is 61.9 cm³/mol. The van der Waals surface area contributed by atoms with Gasteiger partial charge in [0.15, 0.2) is 0 Å². The molecule has 0 aliphatic rings. The molecule has 0 spiro atoms. The smallest absolute Gasteiger partial charge is 0.315 e. The maximum atomic E-state index is 11.3. The lowest BCUT2D eigenvalue weighted by Crippen LogP contribution is -2.47. The zero-order valence-electron chi connectivity index (χ0n) is 10.5. The highest BCUT2D eigenvalue weighted by Crippen LogP contribution is 1.97. The minimum atomic E-state index is -0.192. The third-order valence-electron chi connectivity index (χ3n) is 1.47. The topological polar surface area (TPSA) is 50.4 Å². The van der Waals surface area contributed by atoms with Crippen molar-refractivity contribution in [1.82, 2.24) is 10.6 Å². The summed E-state index contributed by atoms with van der Waals surface area (Å²) in [5.74, 6) is 0.536. The van der Waals surface area contributed by atoms with Crippen molar-refractivity contribution in [2.24, 2.45) is 5.92 Å². The molecule has 0 aromatic rings. The summed E-state index contributed by atoms with van der Waals surface area (Å²) in [7, 11) is 0. The second-order valence-electron chi connectivity index (χ2n) is 5.10. The lowest BCUT2D eigenvalue weighted by Gasteiger charge is -2.20. The van der Waals surface area contributed by atoms with Gasteiger partial charge in [-0.05, 0) is 26.7 Å². The van der Waals surface area contributed by atoms with Gasteiger partial charge in [0.2, 0.25) is 0 Å². The summed E-state index contributed by atoms with van der Waals surface area (Å²) in [4.78, 5) is 11.3. The van der Waals surface area contributed by atoms with Crippen LogP contribution in [0.4, 0.5) is 4.79 Å². The van der Waals surface area contributed by atoms with Crippen LogP contribution in [0.3, 0.4) is 0 Å². The van der Waals surface area contributed by atoms with Crippen LogP contribution < -0.4 is 10.6 Å². The van der Waals surface area contributed by atoms with Crippen molar-refractivity contribution in [3.63, 3.8) is 0 Å². The molecule has 15 heavy (non-hydrogen) atoms. The monoisotopic (exact) mass is 216 g/mol. The fourth-order valence-corrected chi connectivity index (χ4v) is 0.941. The number of carbonyl (C=O) groups excluding carboxylic acids is 1. The Balaban J connectivity index is 3.40. The van der Waals surface area contributed by atoms with Crippen molar-refractivity contribution in [2.45, 2.75) is 40.2 Å². The van der Waals surface area contributed by atoms with Gasteiger partial charge in [-0.1, -0.05) is 13.8 Å². The van der Waals surface area contributed by atoms with Crippen LogP contribution >= 0.6 is 0 Å². The van der Waals surface area contributed by atoms with Crippen molar-refractivity contribution < 1.29 is 9.53 Å². The number of amides is 2. The van der Waals surface area contributed by atoms with Crippen LogP contribution in [0, 0.1) is 5.92 Å². The largest absolute Gasteiger partial charge is 0.379 e. The summed E-state index contributed by atoms with van der Waals surface area (Å²) >= 11 is 0. The van der Waals surface area contributed by atoms with Crippen LogP contribution in [-0.2, 0) is 4.74 Å². The minimum Gasteiger partial charge on any atom is -0.379 e. The van der Waals surface area contributed by atoms with E-state index < -0.39 is 0 Å². The molecule has 0 atom stereocenters. The number of carbonyl (C=O) groups is 1. The van der Waals surface area contributed by atoms with E-state index in [4.69, 9.17) is 4.74 Å². The van der Waals surface area contributed by atoms with Crippen LogP contribution in [-0.4, -0.2) is 31.3 Å². The Labute approximate surface area is 92.8 Å². The van der Waals surface area contributed by atoms with Crippen molar-refractivity contribution in [3.8, 4) is 0 Å². The SMILES string of the molecule is CC(C)COCCNC(=O)NC(C)(C)C. The summed E-state index contributed by atoms with van der Waals surface area (Å²) in [6, 6.07) is -0.143. The van der Waals surface area contributed by atoms with Crippen molar-refractivity contribution in [2.75, 3.05) is 19.8 Å². The summed E-state index contributed by atoms with van der Waals surface area (Å²) in [5, 5.41) is 5.55. The third-order valence-corrected chi connectivity index (χ3v) is 1.47. The fraction of sp³-hybridized carbons (Fsp3) is 0.909. The van der Waals surface area contributed by atoms with Gasteiger partial charge in [-0.2, -0.15) is 0 Å². The zero-order chi connectivity index (χ0) is 11.9. The van der Waals surface area contributed by atoms with Crippen LogP contribution in [0.15, 0.2) is 0 Å². The van der Waals surface area contributed by atoms with Gasteiger partial charge in [-0.15, -0.1) is 0 Å². The van der Waals surface area contributed by atoms with E-state index in [2.05, 4.69) is 24.5 Å². The van der Waals surface area contributed by atoms with Gasteiger partial charge >= 0.3 is 6.03 Å². The zero-order valence-corrected chi connectivity index (χ0v) is 10.5. The maximum Gasteiger partial charge on any atom is 0.315 e. The maximum absolute atomic E-state index is 11.3. The molecule has 90 valence electrons. The Bertz CT molecular complexity index is 186. The number of nitrogens with one attached hydrogen (secondary N) is 2. The first-order valence-corrected chi connectivity index (χ1v) is 5.45. The predicted octanol–water partition coefficient (Wildman–Crippen LogP) is 1.76. The normalized spacial score (nSPS) is 11.6. The summed E-state index contributed by atoms with van der Waals surface area (Å²) in [5.41, 5.74) is -0.192. The molecule has 2 N–H and O–H groups in total. The van der Waals surface area contributed by atoms with E-state index in [1.807, 2.05) is 20.8 Å². The highest BCUT2D eigenvalue weighted by atomic mass is 16.5. The molecule has 0 rings (SSSR count). The van der Waals surface area contributed by atoms with E-state index in [0.717, 1.165) is 6.61 Å². The average molecular weight is 216 g/mol. The molecule has 2 amide bonds. The first-order chi connectivity index (χ1) is 6.81. The quantitative estimate of drug-likeness (QED) is 0.688. The average Bonchev–Trinajstić information content (AvgIpc) is 1.99. The molecule has 0 bridgehead atoms. The van der Waals surface area contributed by atoms with Gasteiger partial charge in [-0.3, -0.25) is 0 Å². The molecule has 0 unspecified atom stereocenters. The molecule has 0 aliphatic heterocycles. The van der Waals surface area contributed by atoms with Gasteiger partial charge in [0.25, 0.3) is 0 Å². The number of ether oxygens (including phenoxy) is 1. The highest BCUT2D eigenvalue weighted by Gasteiger charge is 2.12. The Morgan fingerprint density at radius 1 is 1.33 bits per heavy atom. The summed E-state index contributed by atoms with van der Waals surface area (Å²) in [6.07, 6.45) is 0. The van der Waals surface area contributed by atoms with Crippen LogP contribution in [0.1, 0.15) is 34.6 Å². The Kier molecular flexibility index (Phi) is 6.32. The minimum absolute atomic E-state index is 0.143. The first kappa shape index (κ1) is 14.2. The Morgan fingerprint density at radius 3 is 2.40 bits per heavy atom. The molecule has 0 heterocycles. The second kappa shape index (κ2) is 6.67. The molecule has 0 aromatic heterocycles. The van der Waals surface area contributed by atoms with Gasteiger partial charge in [0.1, 0.15) is 0 Å². The van der Waals surface area contributed by atoms with Gasteiger partial charge < -0.3 is 15.4 Å². The lowest BCUT2D eigenvalue weighted by atomic mass is 10.1. The van der Waals surface area contributed by atoms with E-state index in [1.54, 1.807) is 0 Å². The number of hydrogen-bond acceptors (Lipinski definition) is 2. The van der Waals surface area contributed by atoms with E-state index in [-0.39, 0.29) is 11.6 Å². The molecule has 0 saturated heterocycles. The van der Waals surface area contributed by atoms with Gasteiger partial charge in [0.05, 0.1) is 6.61 Å².